The van der Waals surface area contributed by atoms with Crippen molar-refractivity contribution < 1.29 is 24.2 Å². The number of benzene rings is 2. The minimum absolute atomic E-state index is 0.0605. The van der Waals surface area contributed by atoms with Crippen molar-refractivity contribution in [3.63, 3.8) is 0 Å². The predicted octanol–water partition coefficient (Wildman–Crippen LogP) is 3.87. The molecule has 0 unspecified atom stereocenters. The fraction of sp³-hybridized carbons (Fsp3) is 0.423. The van der Waals surface area contributed by atoms with E-state index in [2.05, 4.69) is 17.4 Å². The lowest BCUT2D eigenvalue weighted by atomic mass is 9.81. The number of hydrogen-bond acceptors (Lipinski definition) is 4. The third kappa shape index (κ3) is 4.08. The van der Waals surface area contributed by atoms with Crippen LogP contribution in [0.3, 0.4) is 0 Å². The van der Waals surface area contributed by atoms with Crippen molar-refractivity contribution >= 4 is 18.0 Å². The highest BCUT2D eigenvalue weighted by Gasteiger charge is 2.48. The van der Waals surface area contributed by atoms with E-state index in [4.69, 9.17) is 4.74 Å². The van der Waals surface area contributed by atoms with E-state index >= 15 is 0 Å². The first-order valence-electron chi connectivity index (χ1n) is 11.4. The molecule has 2 N–H and O–H groups in total. The highest BCUT2D eigenvalue weighted by Crippen LogP contribution is 2.44. The van der Waals surface area contributed by atoms with Crippen LogP contribution in [0.25, 0.3) is 11.1 Å². The Hall–Kier alpha value is -3.35. The maximum atomic E-state index is 13.0. The van der Waals surface area contributed by atoms with Crippen LogP contribution in [0.4, 0.5) is 4.79 Å². The molecule has 3 atom stereocenters. The molecule has 2 aliphatic rings. The SMILES string of the molecule is CC[C@H](NC(=O)OCC1c2ccccc2-c2ccccc21)C(=O)N1C[C@H](C)[C@@](C)(C(=O)O)C1. The van der Waals surface area contributed by atoms with E-state index < -0.39 is 23.5 Å². The Morgan fingerprint density at radius 1 is 1.12 bits per heavy atom. The molecular weight excluding hydrogens is 420 g/mol. The number of aliphatic carboxylic acids is 1. The fourth-order valence-electron chi connectivity index (χ4n) is 4.94. The molecule has 1 fully saturated rings. The number of fused-ring (bicyclic) bond motifs is 3. The summed E-state index contributed by atoms with van der Waals surface area (Å²) in [6, 6.07) is 15.4. The molecule has 2 aromatic rings. The summed E-state index contributed by atoms with van der Waals surface area (Å²) >= 11 is 0. The van der Waals surface area contributed by atoms with Crippen molar-refractivity contribution in [3.8, 4) is 11.1 Å². The van der Waals surface area contributed by atoms with Gasteiger partial charge < -0.3 is 20.1 Å². The first-order valence-corrected chi connectivity index (χ1v) is 11.4. The molecule has 1 saturated heterocycles. The monoisotopic (exact) mass is 450 g/mol. The lowest BCUT2D eigenvalue weighted by Gasteiger charge is -2.25. The maximum absolute atomic E-state index is 13.0. The van der Waals surface area contributed by atoms with Crippen LogP contribution in [0.2, 0.25) is 0 Å². The Morgan fingerprint density at radius 2 is 1.70 bits per heavy atom. The van der Waals surface area contributed by atoms with Crippen molar-refractivity contribution in [2.24, 2.45) is 11.3 Å². The zero-order valence-electron chi connectivity index (χ0n) is 19.2. The largest absolute Gasteiger partial charge is 0.481 e. The minimum Gasteiger partial charge on any atom is -0.481 e. The van der Waals surface area contributed by atoms with E-state index in [1.165, 1.54) is 4.90 Å². The van der Waals surface area contributed by atoms with Crippen LogP contribution >= 0.6 is 0 Å². The van der Waals surface area contributed by atoms with Crippen LogP contribution in [-0.4, -0.2) is 53.7 Å². The van der Waals surface area contributed by atoms with Crippen LogP contribution in [0.1, 0.15) is 44.2 Å². The predicted molar refractivity (Wildman–Crippen MR) is 124 cm³/mol. The molecule has 0 aromatic heterocycles. The number of rotatable bonds is 6. The fourth-order valence-corrected chi connectivity index (χ4v) is 4.94. The maximum Gasteiger partial charge on any atom is 0.407 e. The molecule has 0 saturated carbocycles. The number of carbonyl (C=O) groups excluding carboxylic acids is 2. The van der Waals surface area contributed by atoms with Crippen LogP contribution in [0.5, 0.6) is 0 Å². The van der Waals surface area contributed by atoms with E-state index in [-0.39, 0.29) is 30.9 Å². The molecule has 4 rings (SSSR count). The lowest BCUT2D eigenvalue weighted by molar-refractivity contribution is -0.149. The van der Waals surface area contributed by atoms with Gasteiger partial charge in [-0.1, -0.05) is 62.4 Å². The summed E-state index contributed by atoms with van der Waals surface area (Å²) in [4.78, 5) is 38.8. The van der Waals surface area contributed by atoms with Crippen LogP contribution < -0.4 is 5.32 Å². The molecule has 2 amide bonds. The molecular formula is C26H30N2O5. The molecule has 0 radical (unpaired) electrons. The molecule has 33 heavy (non-hydrogen) atoms. The van der Waals surface area contributed by atoms with E-state index in [1.807, 2.05) is 50.2 Å². The van der Waals surface area contributed by atoms with Gasteiger partial charge in [-0.3, -0.25) is 9.59 Å². The zero-order valence-corrected chi connectivity index (χ0v) is 19.2. The molecule has 7 heteroatoms. The summed E-state index contributed by atoms with van der Waals surface area (Å²) in [7, 11) is 0. The van der Waals surface area contributed by atoms with Crippen molar-refractivity contribution in [3.05, 3.63) is 59.7 Å². The summed E-state index contributed by atoms with van der Waals surface area (Å²) in [5, 5.41) is 12.3. The van der Waals surface area contributed by atoms with Gasteiger partial charge in [0, 0.05) is 19.0 Å². The average Bonchev–Trinajstić information content (AvgIpc) is 3.30. The summed E-state index contributed by atoms with van der Waals surface area (Å²) in [6.07, 6.45) is -0.261. The normalized spacial score (nSPS) is 22.4. The number of carbonyl (C=O) groups is 3. The van der Waals surface area contributed by atoms with Gasteiger partial charge in [0.2, 0.25) is 5.91 Å². The minimum atomic E-state index is -0.988. The first-order chi connectivity index (χ1) is 15.8. The van der Waals surface area contributed by atoms with Gasteiger partial charge in [0.15, 0.2) is 0 Å². The molecule has 0 spiro atoms. The van der Waals surface area contributed by atoms with E-state index in [0.29, 0.717) is 13.0 Å². The van der Waals surface area contributed by atoms with Crippen molar-refractivity contribution in [2.45, 2.75) is 39.2 Å². The topological polar surface area (TPSA) is 95.9 Å². The Morgan fingerprint density at radius 3 is 2.21 bits per heavy atom. The van der Waals surface area contributed by atoms with Gasteiger partial charge in [0.1, 0.15) is 12.6 Å². The quantitative estimate of drug-likeness (QED) is 0.697. The van der Waals surface area contributed by atoms with Gasteiger partial charge in [-0.25, -0.2) is 4.79 Å². The van der Waals surface area contributed by atoms with Gasteiger partial charge in [-0.2, -0.15) is 0 Å². The highest BCUT2D eigenvalue weighted by molar-refractivity contribution is 5.87. The average molecular weight is 451 g/mol. The van der Waals surface area contributed by atoms with Gasteiger partial charge in [-0.05, 0) is 41.5 Å². The summed E-state index contributed by atoms with van der Waals surface area (Å²) < 4.78 is 5.57. The van der Waals surface area contributed by atoms with Gasteiger partial charge in [0.05, 0.1) is 5.41 Å². The number of nitrogens with one attached hydrogen (secondary N) is 1. The second-order valence-corrected chi connectivity index (χ2v) is 9.27. The van der Waals surface area contributed by atoms with Crippen LogP contribution in [-0.2, 0) is 14.3 Å². The van der Waals surface area contributed by atoms with E-state index in [1.54, 1.807) is 6.92 Å². The van der Waals surface area contributed by atoms with Crippen LogP contribution in [0, 0.1) is 11.3 Å². The standard InChI is InChI=1S/C26H30N2O5/c1-4-22(23(29)28-13-16(2)26(3,15-28)24(30)31)27-25(32)33-14-21-19-11-7-5-9-17(19)18-10-6-8-12-20(18)21/h5-12,16,21-22H,4,13-15H2,1-3H3,(H,27,32)(H,30,31)/t16-,22-,26-/m0/s1. The molecule has 1 aliphatic carbocycles. The van der Waals surface area contributed by atoms with Gasteiger partial charge >= 0.3 is 12.1 Å². The highest BCUT2D eigenvalue weighted by atomic mass is 16.5. The molecule has 1 aliphatic heterocycles. The molecule has 2 aromatic carbocycles. The summed E-state index contributed by atoms with van der Waals surface area (Å²) in [5.74, 6) is -1.42. The molecule has 1 heterocycles. The Labute approximate surface area is 193 Å². The Bertz CT molecular complexity index is 1040. The lowest BCUT2D eigenvalue weighted by Crippen LogP contribution is -2.48. The van der Waals surface area contributed by atoms with Crippen molar-refractivity contribution in [2.75, 3.05) is 19.7 Å². The number of carboxylic acids is 1. The number of likely N-dealkylation sites (tertiary alicyclic amines) is 1. The van der Waals surface area contributed by atoms with E-state index in [9.17, 15) is 19.5 Å². The van der Waals surface area contributed by atoms with Gasteiger partial charge in [0.25, 0.3) is 0 Å². The summed E-state index contributed by atoms with van der Waals surface area (Å²) in [5.41, 5.74) is 3.54. The smallest absolute Gasteiger partial charge is 0.407 e. The zero-order chi connectivity index (χ0) is 23.8. The second-order valence-electron chi connectivity index (χ2n) is 9.27. The number of hydrogen-bond donors (Lipinski definition) is 2. The Kier molecular flexibility index (Phi) is 6.15. The van der Waals surface area contributed by atoms with Crippen molar-refractivity contribution in [1.29, 1.82) is 0 Å². The number of nitrogens with zero attached hydrogens (tertiary/aromatic N) is 1. The number of ether oxygens (including phenoxy) is 1. The van der Waals surface area contributed by atoms with E-state index in [0.717, 1.165) is 22.3 Å². The molecule has 174 valence electrons. The third-order valence-electron chi connectivity index (χ3n) is 7.24. The first kappa shape index (κ1) is 22.8. The molecule has 7 nitrogen and oxygen atoms in total. The number of amides is 2. The molecule has 0 bridgehead atoms. The number of alkyl carbamates (subject to hydrolysis) is 1. The van der Waals surface area contributed by atoms with Gasteiger partial charge in [-0.15, -0.1) is 0 Å². The van der Waals surface area contributed by atoms with Crippen LogP contribution in [0.15, 0.2) is 48.5 Å². The Balaban J connectivity index is 1.40. The third-order valence-corrected chi connectivity index (χ3v) is 7.24. The number of carboxylic acid groups (broad SMARTS) is 1. The summed E-state index contributed by atoms with van der Waals surface area (Å²) in [6.45, 7) is 5.95. The second kappa shape index (κ2) is 8.89. The van der Waals surface area contributed by atoms with Crippen molar-refractivity contribution in [1.82, 2.24) is 10.2 Å².